The van der Waals surface area contributed by atoms with Gasteiger partial charge < -0.3 is 10.4 Å². The number of aromatic hydroxyl groups is 1. The van der Waals surface area contributed by atoms with E-state index in [9.17, 15) is 9.50 Å². The molecule has 1 aromatic carbocycles. The van der Waals surface area contributed by atoms with Crippen LogP contribution in [0.3, 0.4) is 0 Å². The van der Waals surface area contributed by atoms with Crippen LogP contribution in [0, 0.1) is 12.7 Å². The molecule has 0 saturated carbocycles. The lowest BCUT2D eigenvalue weighted by Gasteiger charge is -2.35. The van der Waals surface area contributed by atoms with Crippen LogP contribution in [-0.2, 0) is 0 Å². The third kappa shape index (κ3) is 2.96. The number of rotatable bonds is 4. The first-order chi connectivity index (χ1) is 9.15. The Balaban J connectivity index is 2.32. The summed E-state index contributed by atoms with van der Waals surface area (Å²) < 4.78 is 13.9. The Hall–Kier alpha value is -1.39. The maximum Gasteiger partial charge on any atom is 0.168 e. The number of benzene rings is 1. The number of nitrogens with one attached hydrogen (secondary N) is 1. The van der Waals surface area contributed by atoms with Crippen LogP contribution in [-0.4, -0.2) is 36.2 Å². The minimum Gasteiger partial charge on any atom is -0.505 e. The molecule has 1 aliphatic heterocycles. The Bertz CT molecular complexity index is 456. The van der Waals surface area contributed by atoms with Gasteiger partial charge in [0.25, 0.3) is 0 Å². The van der Waals surface area contributed by atoms with Crippen LogP contribution >= 0.6 is 0 Å². The summed E-state index contributed by atoms with van der Waals surface area (Å²) in [4.78, 5) is 2.27. The molecule has 1 atom stereocenters. The topological polar surface area (TPSA) is 35.5 Å². The second-order valence-corrected chi connectivity index (χ2v) is 4.96. The van der Waals surface area contributed by atoms with Gasteiger partial charge in [-0.1, -0.05) is 18.2 Å². The normalized spacial score (nSPS) is 18.2. The Morgan fingerprint density at radius 3 is 2.79 bits per heavy atom. The van der Waals surface area contributed by atoms with Crippen molar-refractivity contribution in [3.05, 3.63) is 41.7 Å². The van der Waals surface area contributed by atoms with Gasteiger partial charge in [-0.3, -0.25) is 4.90 Å². The lowest BCUT2D eigenvalue weighted by molar-refractivity contribution is 0.171. The van der Waals surface area contributed by atoms with E-state index in [1.165, 1.54) is 0 Å². The number of halogens is 1. The van der Waals surface area contributed by atoms with Gasteiger partial charge in [0.15, 0.2) is 11.6 Å². The van der Waals surface area contributed by atoms with E-state index in [0.717, 1.165) is 26.2 Å². The maximum absolute atomic E-state index is 13.9. The Morgan fingerprint density at radius 2 is 2.16 bits per heavy atom. The monoisotopic (exact) mass is 264 g/mol. The van der Waals surface area contributed by atoms with E-state index in [1.54, 1.807) is 13.0 Å². The first kappa shape index (κ1) is 14.0. The van der Waals surface area contributed by atoms with Gasteiger partial charge in [0.1, 0.15) is 0 Å². The molecule has 1 aliphatic rings. The maximum atomic E-state index is 13.9. The van der Waals surface area contributed by atoms with Gasteiger partial charge in [0.2, 0.25) is 0 Å². The summed E-state index contributed by atoms with van der Waals surface area (Å²) in [6, 6.07) is 3.54. The molecule has 19 heavy (non-hydrogen) atoms. The SMILES string of the molecule is C=CC[C@H](c1ccc(C)c(F)c1O)N1CCNCC1. The average molecular weight is 264 g/mol. The standard InChI is InChI=1S/C15H21FN2O/c1-3-4-13(18-9-7-17-8-10-18)12-6-5-11(2)14(16)15(12)19/h3,5-6,13,17,19H,1,4,7-10H2,2H3/t13-/m1/s1. The molecule has 3 nitrogen and oxygen atoms in total. The summed E-state index contributed by atoms with van der Waals surface area (Å²) in [6.07, 6.45) is 2.53. The summed E-state index contributed by atoms with van der Waals surface area (Å²) >= 11 is 0. The smallest absolute Gasteiger partial charge is 0.168 e. The van der Waals surface area contributed by atoms with Crippen LogP contribution in [0.25, 0.3) is 0 Å². The lowest BCUT2D eigenvalue weighted by atomic mass is 9.98. The van der Waals surface area contributed by atoms with Crippen molar-refractivity contribution in [1.29, 1.82) is 0 Å². The Morgan fingerprint density at radius 1 is 1.47 bits per heavy atom. The zero-order valence-electron chi connectivity index (χ0n) is 11.3. The molecule has 2 rings (SSSR count). The van der Waals surface area contributed by atoms with E-state index in [4.69, 9.17) is 0 Å². The van der Waals surface area contributed by atoms with Gasteiger partial charge in [-0.05, 0) is 18.9 Å². The van der Waals surface area contributed by atoms with Gasteiger partial charge in [-0.2, -0.15) is 0 Å². The lowest BCUT2D eigenvalue weighted by Crippen LogP contribution is -2.45. The van der Waals surface area contributed by atoms with Crippen molar-refractivity contribution < 1.29 is 9.50 Å². The fourth-order valence-corrected chi connectivity index (χ4v) is 2.57. The van der Waals surface area contributed by atoms with E-state index in [-0.39, 0.29) is 11.8 Å². The molecule has 4 heteroatoms. The number of nitrogens with zero attached hydrogens (tertiary/aromatic N) is 1. The van der Waals surface area contributed by atoms with Crippen LogP contribution in [0.1, 0.15) is 23.6 Å². The largest absolute Gasteiger partial charge is 0.505 e. The molecule has 0 radical (unpaired) electrons. The van der Waals surface area contributed by atoms with E-state index < -0.39 is 5.82 Å². The summed E-state index contributed by atoms with van der Waals surface area (Å²) in [5.41, 5.74) is 1.13. The molecule has 1 saturated heterocycles. The Labute approximate surface area is 113 Å². The number of phenolic OH excluding ortho intramolecular Hbond substituents is 1. The summed E-state index contributed by atoms with van der Waals surface area (Å²) in [7, 11) is 0. The average Bonchev–Trinajstić information content (AvgIpc) is 2.44. The van der Waals surface area contributed by atoms with Gasteiger partial charge >= 0.3 is 0 Å². The quantitative estimate of drug-likeness (QED) is 0.820. The van der Waals surface area contributed by atoms with Crippen LogP contribution in [0.5, 0.6) is 5.75 Å². The number of piperazine rings is 1. The zero-order chi connectivity index (χ0) is 13.8. The summed E-state index contributed by atoms with van der Waals surface area (Å²) in [5, 5.41) is 13.3. The van der Waals surface area contributed by atoms with Crippen molar-refractivity contribution in [2.24, 2.45) is 0 Å². The third-order valence-corrected chi connectivity index (χ3v) is 3.68. The predicted molar refractivity (Wildman–Crippen MR) is 74.8 cm³/mol. The fourth-order valence-electron chi connectivity index (χ4n) is 2.57. The minimum absolute atomic E-state index is 0.00491. The van der Waals surface area contributed by atoms with Crippen molar-refractivity contribution in [1.82, 2.24) is 10.2 Å². The van der Waals surface area contributed by atoms with E-state index >= 15 is 0 Å². The molecule has 0 bridgehead atoms. The highest BCUT2D eigenvalue weighted by Crippen LogP contribution is 2.34. The number of aryl methyl sites for hydroxylation is 1. The van der Waals surface area contributed by atoms with E-state index in [1.807, 2.05) is 12.1 Å². The van der Waals surface area contributed by atoms with Gasteiger partial charge in [0.05, 0.1) is 0 Å². The van der Waals surface area contributed by atoms with Crippen molar-refractivity contribution >= 4 is 0 Å². The molecule has 1 heterocycles. The molecule has 2 N–H and O–H groups in total. The third-order valence-electron chi connectivity index (χ3n) is 3.68. The highest BCUT2D eigenvalue weighted by Gasteiger charge is 2.25. The second-order valence-electron chi connectivity index (χ2n) is 4.96. The van der Waals surface area contributed by atoms with E-state index in [2.05, 4.69) is 16.8 Å². The van der Waals surface area contributed by atoms with Crippen LogP contribution in [0.4, 0.5) is 4.39 Å². The van der Waals surface area contributed by atoms with Crippen molar-refractivity contribution in [2.75, 3.05) is 26.2 Å². The van der Waals surface area contributed by atoms with Crippen molar-refractivity contribution in [2.45, 2.75) is 19.4 Å². The van der Waals surface area contributed by atoms with Gasteiger partial charge in [-0.15, -0.1) is 6.58 Å². The molecule has 0 aromatic heterocycles. The van der Waals surface area contributed by atoms with Crippen LogP contribution < -0.4 is 5.32 Å². The molecule has 0 unspecified atom stereocenters. The molecule has 1 aromatic rings. The molecular formula is C15H21FN2O. The fraction of sp³-hybridized carbons (Fsp3) is 0.467. The number of hydrogen-bond acceptors (Lipinski definition) is 3. The first-order valence-corrected chi connectivity index (χ1v) is 6.68. The molecular weight excluding hydrogens is 243 g/mol. The number of phenols is 1. The van der Waals surface area contributed by atoms with E-state index in [0.29, 0.717) is 17.5 Å². The second kappa shape index (κ2) is 6.17. The minimum atomic E-state index is -0.512. The molecule has 0 aliphatic carbocycles. The summed E-state index contributed by atoms with van der Waals surface area (Å²) in [6.45, 7) is 9.06. The predicted octanol–water partition coefficient (Wildman–Crippen LogP) is 2.36. The molecule has 104 valence electrons. The molecule has 1 fully saturated rings. The van der Waals surface area contributed by atoms with Gasteiger partial charge in [-0.25, -0.2) is 4.39 Å². The van der Waals surface area contributed by atoms with Crippen molar-refractivity contribution in [3.8, 4) is 5.75 Å². The highest BCUT2D eigenvalue weighted by atomic mass is 19.1. The molecule has 0 spiro atoms. The number of hydrogen-bond donors (Lipinski definition) is 2. The zero-order valence-corrected chi connectivity index (χ0v) is 11.3. The summed E-state index contributed by atoms with van der Waals surface area (Å²) in [5.74, 6) is -0.730. The highest BCUT2D eigenvalue weighted by molar-refractivity contribution is 5.40. The molecule has 0 amide bonds. The Kier molecular flexibility index (Phi) is 4.56. The van der Waals surface area contributed by atoms with Gasteiger partial charge in [0, 0.05) is 37.8 Å². The van der Waals surface area contributed by atoms with Crippen LogP contribution in [0.15, 0.2) is 24.8 Å². The first-order valence-electron chi connectivity index (χ1n) is 6.68. The van der Waals surface area contributed by atoms with Crippen molar-refractivity contribution in [3.63, 3.8) is 0 Å². The van der Waals surface area contributed by atoms with Crippen LogP contribution in [0.2, 0.25) is 0 Å².